The quantitative estimate of drug-likeness (QED) is 0.433. The number of hydrogen-bond donors (Lipinski definition) is 0. The molecule has 0 radical (unpaired) electrons. The number of benzene rings is 1. The summed E-state index contributed by atoms with van der Waals surface area (Å²) in [6.45, 7) is 1.68. The molecule has 0 unspecified atom stereocenters. The summed E-state index contributed by atoms with van der Waals surface area (Å²) in [4.78, 5) is 21.5. The molecule has 98 valence electrons. The number of nitrogens with zero attached hydrogens (tertiary/aromatic N) is 1. The molecule has 0 saturated carbocycles. The third-order valence-corrected chi connectivity index (χ3v) is 3.31. The first kappa shape index (κ1) is 14.6. The van der Waals surface area contributed by atoms with Gasteiger partial charge in [0.15, 0.2) is 0 Å². The van der Waals surface area contributed by atoms with Crippen molar-refractivity contribution >= 4 is 17.9 Å². The van der Waals surface area contributed by atoms with E-state index < -0.39 is 5.92 Å². The lowest BCUT2D eigenvalue weighted by Gasteiger charge is -2.20. The van der Waals surface area contributed by atoms with E-state index in [1.807, 2.05) is 6.92 Å². The van der Waals surface area contributed by atoms with Crippen LogP contribution in [0.1, 0.15) is 31.2 Å². The molecule has 0 spiro atoms. The molecule has 0 fully saturated rings. The molecular weight excluding hydrogens is 254 g/mol. The molecule has 1 aromatic carbocycles. The number of rotatable bonds is 7. The van der Waals surface area contributed by atoms with Crippen molar-refractivity contribution < 1.29 is 9.72 Å². The second-order valence-corrected chi connectivity index (χ2v) is 4.64. The van der Waals surface area contributed by atoms with Crippen molar-refractivity contribution in [1.29, 1.82) is 0 Å². The molecule has 2 atom stereocenters. The Hall–Kier alpha value is -1.42. The van der Waals surface area contributed by atoms with Gasteiger partial charge in [0, 0.05) is 15.9 Å². The summed E-state index contributed by atoms with van der Waals surface area (Å²) in [5.41, 5.74) is 0.682. The van der Waals surface area contributed by atoms with Crippen molar-refractivity contribution in [2.75, 3.05) is 6.54 Å². The van der Waals surface area contributed by atoms with Gasteiger partial charge >= 0.3 is 0 Å². The van der Waals surface area contributed by atoms with Crippen molar-refractivity contribution in [3.63, 3.8) is 0 Å². The van der Waals surface area contributed by atoms with Crippen molar-refractivity contribution in [3.8, 4) is 0 Å². The Balaban J connectivity index is 3.07. The highest BCUT2D eigenvalue weighted by atomic mass is 35.5. The predicted molar refractivity (Wildman–Crippen MR) is 70.5 cm³/mol. The maximum absolute atomic E-state index is 11.1. The summed E-state index contributed by atoms with van der Waals surface area (Å²) in [6.07, 6.45) is 2.25. The first-order valence-corrected chi connectivity index (χ1v) is 6.29. The van der Waals surface area contributed by atoms with E-state index in [0.717, 1.165) is 12.7 Å². The number of nitro groups is 1. The first-order chi connectivity index (χ1) is 8.60. The van der Waals surface area contributed by atoms with Gasteiger partial charge in [-0.3, -0.25) is 10.1 Å². The van der Waals surface area contributed by atoms with Crippen LogP contribution < -0.4 is 0 Å². The highest BCUT2D eigenvalue weighted by Gasteiger charge is 2.28. The van der Waals surface area contributed by atoms with Crippen LogP contribution in [0.25, 0.3) is 0 Å². The van der Waals surface area contributed by atoms with Crippen molar-refractivity contribution in [3.05, 3.63) is 45.0 Å². The van der Waals surface area contributed by atoms with Gasteiger partial charge in [0.2, 0.25) is 6.54 Å². The van der Waals surface area contributed by atoms with Crippen LogP contribution in [0.4, 0.5) is 0 Å². The Kier molecular flexibility index (Phi) is 5.78. The van der Waals surface area contributed by atoms with Crippen molar-refractivity contribution in [2.24, 2.45) is 5.92 Å². The third-order valence-electron chi connectivity index (χ3n) is 2.96. The average molecular weight is 270 g/mol. The zero-order chi connectivity index (χ0) is 13.5. The van der Waals surface area contributed by atoms with Crippen molar-refractivity contribution in [1.82, 2.24) is 0 Å². The van der Waals surface area contributed by atoms with Gasteiger partial charge in [0.1, 0.15) is 6.29 Å². The fourth-order valence-corrected chi connectivity index (χ4v) is 2.37. The van der Waals surface area contributed by atoms with E-state index in [2.05, 4.69) is 0 Å². The summed E-state index contributed by atoms with van der Waals surface area (Å²) in [7, 11) is 0. The second-order valence-electron chi connectivity index (χ2n) is 4.23. The highest BCUT2D eigenvalue weighted by Crippen LogP contribution is 2.32. The van der Waals surface area contributed by atoms with Gasteiger partial charge < -0.3 is 4.79 Å². The fraction of sp³-hybridized carbons (Fsp3) is 0.462. The molecule has 0 aliphatic heterocycles. The summed E-state index contributed by atoms with van der Waals surface area (Å²) in [5, 5.41) is 11.2. The lowest BCUT2D eigenvalue weighted by molar-refractivity contribution is -0.484. The van der Waals surface area contributed by atoms with Crippen LogP contribution in [0.5, 0.6) is 0 Å². The molecule has 0 saturated heterocycles. The van der Waals surface area contributed by atoms with Gasteiger partial charge in [-0.2, -0.15) is 0 Å². The van der Waals surface area contributed by atoms with E-state index in [1.165, 1.54) is 0 Å². The van der Waals surface area contributed by atoms with Crippen LogP contribution in [0.15, 0.2) is 24.3 Å². The zero-order valence-electron chi connectivity index (χ0n) is 10.2. The molecule has 5 heteroatoms. The van der Waals surface area contributed by atoms with Crippen LogP contribution in [0.2, 0.25) is 5.02 Å². The van der Waals surface area contributed by atoms with E-state index in [-0.39, 0.29) is 17.4 Å². The number of hydrogen-bond acceptors (Lipinski definition) is 3. The van der Waals surface area contributed by atoms with E-state index in [4.69, 9.17) is 11.6 Å². The highest BCUT2D eigenvalue weighted by molar-refractivity contribution is 6.31. The second kappa shape index (κ2) is 7.11. The Morgan fingerprint density at radius 3 is 2.61 bits per heavy atom. The number of aldehydes is 1. The molecular formula is C13H16ClNO3. The van der Waals surface area contributed by atoms with E-state index >= 15 is 0 Å². The number of halogens is 1. The Labute approximate surface area is 111 Å². The van der Waals surface area contributed by atoms with Crippen LogP contribution in [-0.4, -0.2) is 17.8 Å². The van der Waals surface area contributed by atoms with Crippen molar-refractivity contribution in [2.45, 2.75) is 25.7 Å². The average Bonchev–Trinajstić information content (AvgIpc) is 2.34. The van der Waals surface area contributed by atoms with E-state index in [9.17, 15) is 14.9 Å². The predicted octanol–water partition coefficient (Wildman–Crippen LogP) is 3.32. The summed E-state index contributed by atoms with van der Waals surface area (Å²) < 4.78 is 0. The monoisotopic (exact) mass is 269 g/mol. The topological polar surface area (TPSA) is 60.2 Å². The zero-order valence-corrected chi connectivity index (χ0v) is 11.0. The number of carbonyl (C=O) groups excluding carboxylic acids is 1. The van der Waals surface area contributed by atoms with Gasteiger partial charge in [-0.15, -0.1) is 0 Å². The Bertz CT molecular complexity index is 422. The number of carbonyl (C=O) groups is 1. The minimum Gasteiger partial charge on any atom is -0.303 e. The largest absolute Gasteiger partial charge is 0.303 e. The molecule has 0 aliphatic rings. The Morgan fingerprint density at radius 1 is 1.44 bits per heavy atom. The Morgan fingerprint density at radius 2 is 2.11 bits per heavy atom. The molecule has 0 heterocycles. The SMILES string of the molecule is CCC[C@@H](C=O)[C@H](C[N+](=O)[O-])c1ccccc1Cl. The normalized spacial score (nSPS) is 13.9. The van der Waals surface area contributed by atoms with Gasteiger partial charge in [-0.05, 0) is 18.1 Å². The summed E-state index contributed by atoms with van der Waals surface area (Å²) >= 11 is 6.07. The van der Waals surface area contributed by atoms with Crippen LogP contribution >= 0.6 is 11.6 Å². The molecule has 1 rings (SSSR count). The molecule has 0 N–H and O–H groups in total. The first-order valence-electron chi connectivity index (χ1n) is 5.91. The molecule has 0 aliphatic carbocycles. The van der Waals surface area contributed by atoms with Gasteiger partial charge in [0.05, 0.1) is 5.92 Å². The summed E-state index contributed by atoms with van der Waals surface area (Å²) in [5.74, 6) is -0.813. The maximum Gasteiger partial charge on any atom is 0.211 e. The standard InChI is InChI=1S/C13H16ClNO3/c1-2-5-10(9-16)12(8-15(17)18)11-6-3-4-7-13(11)14/h3-4,6-7,9-10,12H,2,5,8H2,1H3/t10-,12-/m0/s1. The van der Waals surface area contributed by atoms with Crippen LogP contribution in [0.3, 0.4) is 0 Å². The lowest BCUT2D eigenvalue weighted by Crippen LogP contribution is -2.22. The molecule has 4 nitrogen and oxygen atoms in total. The third kappa shape index (κ3) is 3.81. The smallest absolute Gasteiger partial charge is 0.211 e. The lowest BCUT2D eigenvalue weighted by atomic mass is 9.84. The van der Waals surface area contributed by atoms with Crippen LogP contribution in [0, 0.1) is 16.0 Å². The van der Waals surface area contributed by atoms with Gasteiger partial charge in [0.25, 0.3) is 0 Å². The summed E-state index contributed by atoms with van der Waals surface area (Å²) in [6, 6.07) is 6.99. The van der Waals surface area contributed by atoms with Gasteiger partial charge in [-0.1, -0.05) is 43.1 Å². The van der Waals surface area contributed by atoms with Crippen LogP contribution in [-0.2, 0) is 4.79 Å². The molecule has 0 amide bonds. The molecule has 18 heavy (non-hydrogen) atoms. The molecule has 0 bridgehead atoms. The maximum atomic E-state index is 11.1. The molecule has 1 aromatic rings. The minimum absolute atomic E-state index is 0.271. The van der Waals surface area contributed by atoms with E-state index in [1.54, 1.807) is 24.3 Å². The fourth-order valence-electron chi connectivity index (χ4n) is 2.10. The minimum atomic E-state index is -0.453. The molecule has 0 aromatic heterocycles. The van der Waals surface area contributed by atoms with E-state index in [0.29, 0.717) is 17.0 Å². The van der Waals surface area contributed by atoms with Gasteiger partial charge in [-0.25, -0.2) is 0 Å².